The first-order valence-electron chi connectivity index (χ1n) is 10.9. The molecule has 0 saturated carbocycles. The van der Waals surface area contributed by atoms with E-state index in [0.717, 1.165) is 17.9 Å². The Morgan fingerprint density at radius 2 is 1.42 bits per heavy atom. The van der Waals surface area contributed by atoms with E-state index in [4.69, 9.17) is 4.74 Å². The Kier molecular flexibility index (Phi) is 6.81. The van der Waals surface area contributed by atoms with Crippen LogP contribution in [0.3, 0.4) is 0 Å². The van der Waals surface area contributed by atoms with Gasteiger partial charge in [-0.05, 0) is 40.4 Å². The van der Waals surface area contributed by atoms with Crippen LogP contribution in [-0.2, 0) is 0 Å². The standard InChI is InChI=1S/C29H28OSi/c1-31(2)27(22-23-14-6-3-7-15-23)29(30-26-20-10-5-11-21-26)28(25-18-12-13-19-25)24-16-8-4-9-17-24/h3-18,20-22,31H,19H2,1-2H3. The van der Waals surface area contributed by atoms with Gasteiger partial charge in [0.25, 0.3) is 0 Å². The lowest BCUT2D eigenvalue weighted by molar-refractivity contribution is 0.444. The third-order valence-electron chi connectivity index (χ3n) is 5.35. The highest BCUT2D eigenvalue weighted by molar-refractivity contribution is 6.66. The lowest BCUT2D eigenvalue weighted by Crippen LogP contribution is -2.15. The van der Waals surface area contributed by atoms with Crippen LogP contribution in [0.1, 0.15) is 17.5 Å². The number of benzene rings is 3. The molecule has 0 saturated heterocycles. The fourth-order valence-electron chi connectivity index (χ4n) is 3.78. The molecule has 154 valence electrons. The molecule has 0 aromatic heterocycles. The maximum absolute atomic E-state index is 6.72. The van der Waals surface area contributed by atoms with Gasteiger partial charge in [-0.25, -0.2) is 0 Å². The second-order valence-electron chi connectivity index (χ2n) is 7.97. The summed E-state index contributed by atoms with van der Waals surface area (Å²) in [5.41, 5.74) is 4.89. The van der Waals surface area contributed by atoms with E-state index in [-0.39, 0.29) is 0 Å². The van der Waals surface area contributed by atoms with Crippen molar-refractivity contribution in [1.82, 2.24) is 0 Å². The van der Waals surface area contributed by atoms with Crippen LogP contribution < -0.4 is 4.74 Å². The Labute approximate surface area is 187 Å². The van der Waals surface area contributed by atoms with Crippen LogP contribution in [0.2, 0.25) is 13.1 Å². The molecular formula is C29H28OSi. The van der Waals surface area contributed by atoms with Gasteiger partial charge >= 0.3 is 0 Å². The summed E-state index contributed by atoms with van der Waals surface area (Å²) in [5, 5.41) is 1.32. The van der Waals surface area contributed by atoms with E-state index in [9.17, 15) is 0 Å². The van der Waals surface area contributed by atoms with Crippen molar-refractivity contribution >= 4 is 20.4 Å². The average molecular weight is 421 g/mol. The van der Waals surface area contributed by atoms with Gasteiger partial charge in [0.1, 0.15) is 11.5 Å². The van der Waals surface area contributed by atoms with Gasteiger partial charge < -0.3 is 4.74 Å². The molecule has 3 aromatic carbocycles. The Morgan fingerprint density at radius 1 is 0.806 bits per heavy atom. The van der Waals surface area contributed by atoms with Gasteiger partial charge in [0.15, 0.2) is 0 Å². The van der Waals surface area contributed by atoms with Crippen LogP contribution in [-0.4, -0.2) is 8.80 Å². The lowest BCUT2D eigenvalue weighted by Gasteiger charge is -2.22. The van der Waals surface area contributed by atoms with E-state index < -0.39 is 8.80 Å². The summed E-state index contributed by atoms with van der Waals surface area (Å²) in [7, 11) is -1.25. The SMILES string of the molecule is C[SiH](C)C(=Cc1ccccc1)C(Oc1ccccc1)=C(C1=CC=CC1)c1ccccc1. The summed E-state index contributed by atoms with van der Waals surface area (Å²) >= 11 is 0. The third-order valence-corrected chi connectivity index (χ3v) is 7.02. The van der Waals surface area contributed by atoms with Crippen molar-refractivity contribution in [1.29, 1.82) is 0 Å². The van der Waals surface area contributed by atoms with Crippen molar-refractivity contribution in [2.24, 2.45) is 0 Å². The van der Waals surface area contributed by atoms with Crippen molar-refractivity contribution in [3.05, 3.63) is 137 Å². The van der Waals surface area contributed by atoms with Gasteiger partial charge in [0.2, 0.25) is 0 Å². The largest absolute Gasteiger partial charge is 0.457 e. The average Bonchev–Trinajstić information content (AvgIpc) is 3.33. The second-order valence-corrected chi connectivity index (χ2v) is 10.9. The van der Waals surface area contributed by atoms with Crippen LogP contribution in [0.5, 0.6) is 5.75 Å². The van der Waals surface area contributed by atoms with Crippen LogP contribution in [0.4, 0.5) is 0 Å². The first-order chi connectivity index (χ1) is 15.2. The first-order valence-corrected chi connectivity index (χ1v) is 13.8. The molecule has 0 unspecified atom stereocenters. The summed E-state index contributed by atoms with van der Waals surface area (Å²) in [6, 6.07) is 31.4. The fraction of sp³-hybridized carbons (Fsp3) is 0.103. The van der Waals surface area contributed by atoms with Crippen LogP contribution >= 0.6 is 0 Å². The molecule has 1 aliphatic rings. The van der Waals surface area contributed by atoms with Gasteiger partial charge in [0.05, 0.1) is 8.80 Å². The highest BCUT2D eigenvalue weighted by Gasteiger charge is 2.22. The van der Waals surface area contributed by atoms with Crippen molar-refractivity contribution in [3.63, 3.8) is 0 Å². The molecule has 1 nitrogen and oxygen atoms in total. The highest BCUT2D eigenvalue weighted by Crippen LogP contribution is 2.37. The number of para-hydroxylation sites is 1. The predicted octanol–water partition coefficient (Wildman–Crippen LogP) is 7.47. The molecule has 0 fully saturated rings. The summed E-state index contributed by atoms with van der Waals surface area (Å²) in [5.74, 6) is 1.85. The molecule has 0 N–H and O–H groups in total. The molecule has 3 aromatic rings. The molecule has 0 spiro atoms. The van der Waals surface area contributed by atoms with Crippen LogP contribution in [0.15, 0.2) is 126 Å². The number of hydrogen-bond acceptors (Lipinski definition) is 1. The molecular weight excluding hydrogens is 392 g/mol. The van der Waals surface area contributed by atoms with Gasteiger partial charge in [0, 0.05) is 5.57 Å². The predicted molar refractivity (Wildman–Crippen MR) is 136 cm³/mol. The smallest absolute Gasteiger partial charge is 0.134 e. The number of ether oxygens (including phenoxy) is 1. The topological polar surface area (TPSA) is 9.23 Å². The summed E-state index contributed by atoms with van der Waals surface area (Å²) < 4.78 is 6.72. The van der Waals surface area contributed by atoms with Gasteiger partial charge in [-0.15, -0.1) is 0 Å². The van der Waals surface area contributed by atoms with E-state index in [1.54, 1.807) is 0 Å². The number of allylic oxidation sites excluding steroid dienone is 6. The molecule has 0 atom stereocenters. The molecule has 0 amide bonds. The molecule has 0 bridgehead atoms. The minimum absolute atomic E-state index is 0.867. The van der Waals surface area contributed by atoms with E-state index in [2.05, 4.69) is 98.1 Å². The van der Waals surface area contributed by atoms with E-state index >= 15 is 0 Å². The Hall–Kier alpha value is -3.36. The van der Waals surface area contributed by atoms with Crippen LogP contribution in [0, 0.1) is 0 Å². The zero-order valence-corrected chi connectivity index (χ0v) is 19.3. The van der Waals surface area contributed by atoms with Gasteiger partial charge in [-0.2, -0.15) is 0 Å². The number of hydrogen-bond donors (Lipinski definition) is 0. The zero-order valence-electron chi connectivity index (χ0n) is 18.2. The molecule has 2 heteroatoms. The van der Waals surface area contributed by atoms with E-state index in [1.807, 2.05) is 30.3 Å². The maximum Gasteiger partial charge on any atom is 0.134 e. The molecule has 0 aliphatic heterocycles. The lowest BCUT2D eigenvalue weighted by atomic mass is 9.95. The molecule has 0 heterocycles. The highest BCUT2D eigenvalue weighted by atomic mass is 28.3. The maximum atomic E-state index is 6.72. The van der Waals surface area contributed by atoms with Crippen molar-refractivity contribution in [3.8, 4) is 5.75 Å². The Bertz CT molecular complexity index is 1120. The third kappa shape index (κ3) is 5.22. The fourth-order valence-corrected chi connectivity index (χ4v) is 5.04. The molecule has 4 rings (SSSR count). The normalized spacial score (nSPS) is 14.4. The van der Waals surface area contributed by atoms with Crippen molar-refractivity contribution < 1.29 is 4.74 Å². The quantitative estimate of drug-likeness (QED) is 0.219. The Balaban J connectivity index is 1.96. The molecule has 1 aliphatic carbocycles. The summed E-state index contributed by atoms with van der Waals surface area (Å²) in [6.45, 7) is 4.74. The van der Waals surface area contributed by atoms with Gasteiger partial charge in [-0.3, -0.25) is 0 Å². The van der Waals surface area contributed by atoms with Gasteiger partial charge in [-0.1, -0.05) is 116 Å². The van der Waals surface area contributed by atoms with Crippen LogP contribution in [0.25, 0.3) is 11.6 Å². The Morgan fingerprint density at radius 3 is 2.00 bits per heavy atom. The second kappa shape index (κ2) is 10.1. The van der Waals surface area contributed by atoms with Crippen molar-refractivity contribution in [2.75, 3.05) is 0 Å². The molecule has 0 radical (unpaired) electrons. The molecule has 31 heavy (non-hydrogen) atoms. The minimum Gasteiger partial charge on any atom is -0.457 e. The summed E-state index contributed by atoms with van der Waals surface area (Å²) in [4.78, 5) is 0. The zero-order chi connectivity index (χ0) is 21.5. The van der Waals surface area contributed by atoms with Crippen molar-refractivity contribution in [2.45, 2.75) is 19.5 Å². The van der Waals surface area contributed by atoms with E-state index in [0.29, 0.717) is 0 Å². The van der Waals surface area contributed by atoms with E-state index in [1.165, 1.54) is 27.5 Å². The minimum atomic E-state index is -1.25. The first kappa shape index (κ1) is 20.9. The monoisotopic (exact) mass is 420 g/mol. The summed E-state index contributed by atoms with van der Waals surface area (Å²) in [6.07, 6.45) is 9.82. The number of rotatable bonds is 7.